The molecule has 12 heteroatoms. The van der Waals surface area contributed by atoms with Gasteiger partial charge in [0.15, 0.2) is 11.5 Å². The highest BCUT2D eigenvalue weighted by Crippen LogP contribution is 2.35. The molecule has 0 bridgehead atoms. The standard InChI is InChI=1S/C24H22ClF3N2O5S/c1-15-19(25)8-5-9-20(15)29-23(31)14-30(17-7-4-6-16(12-17)24(26,27)28)36(32,33)18-10-11-21(34-2)22(13-18)35-3/h4-13H,14H2,1-3H3,(H,29,31). The minimum Gasteiger partial charge on any atom is -0.493 e. The summed E-state index contributed by atoms with van der Waals surface area (Å²) in [6.07, 6.45) is -4.73. The molecule has 0 saturated carbocycles. The van der Waals surface area contributed by atoms with E-state index in [1.54, 1.807) is 25.1 Å². The highest BCUT2D eigenvalue weighted by atomic mass is 35.5. The van der Waals surface area contributed by atoms with E-state index in [0.717, 1.165) is 18.2 Å². The first-order valence-corrected chi connectivity index (χ1v) is 12.2. The average Bonchev–Trinajstić information content (AvgIpc) is 2.84. The van der Waals surface area contributed by atoms with E-state index in [0.29, 0.717) is 26.6 Å². The van der Waals surface area contributed by atoms with Crippen molar-refractivity contribution in [2.75, 3.05) is 30.4 Å². The van der Waals surface area contributed by atoms with Crippen LogP contribution in [0, 0.1) is 6.92 Å². The number of anilines is 2. The van der Waals surface area contributed by atoms with Gasteiger partial charge in [-0.1, -0.05) is 23.7 Å². The summed E-state index contributed by atoms with van der Waals surface area (Å²) >= 11 is 6.08. The van der Waals surface area contributed by atoms with Gasteiger partial charge >= 0.3 is 6.18 Å². The summed E-state index contributed by atoms with van der Waals surface area (Å²) in [5, 5.41) is 2.94. The minimum atomic E-state index is -4.73. The Hall–Kier alpha value is -3.44. The van der Waals surface area contributed by atoms with Gasteiger partial charge in [0.2, 0.25) is 5.91 Å². The number of hydrogen-bond donors (Lipinski definition) is 1. The van der Waals surface area contributed by atoms with Gasteiger partial charge in [-0.15, -0.1) is 0 Å². The molecule has 1 N–H and O–H groups in total. The number of hydrogen-bond acceptors (Lipinski definition) is 5. The van der Waals surface area contributed by atoms with Crippen LogP contribution in [0.15, 0.2) is 65.6 Å². The third kappa shape index (κ3) is 5.85. The SMILES string of the molecule is COc1ccc(S(=O)(=O)N(CC(=O)Nc2cccc(Cl)c2C)c2cccc(C(F)(F)F)c2)cc1OC. The molecule has 0 radical (unpaired) electrons. The topological polar surface area (TPSA) is 84.9 Å². The Morgan fingerprint density at radius 1 is 1.00 bits per heavy atom. The quantitative estimate of drug-likeness (QED) is 0.405. The summed E-state index contributed by atoms with van der Waals surface area (Å²) in [5.74, 6) is -0.459. The van der Waals surface area contributed by atoms with Gasteiger partial charge in [0.25, 0.3) is 10.0 Å². The molecule has 192 valence electrons. The van der Waals surface area contributed by atoms with Crippen molar-refractivity contribution in [2.45, 2.75) is 18.0 Å². The minimum absolute atomic E-state index is 0.0848. The van der Waals surface area contributed by atoms with Crippen LogP contribution in [-0.2, 0) is 21.0 Å². The zero-order valence-electron chi connectivity index (χ0n) is 19.4. The summed E-state index contributed by atoms with van der Waals surface area (Å²) in [5.41, 5.74) is -0.544. The molecule has 0 saturated heterocycles. The molecule has 0 atom stereocenters. The second-order valence-electron chi connectivity index (χ2n) is 7.54. The highest BCUT2D eigenvalue weighted by molar-refractivity contribution is 7.92. The van der Waals surface area contributed by atoms with Crippen LogP contribution in [0.1, 0.15) is 11.1 Å². The Balaban J connectivity index is 2.08. The van der Waals surface area contributed by atoms with Crippen molar-refractivity contribution in [3.8, 4) is 11.5 Å². The molecule has 0 spiro atoms. The van der Waals surface area contributed by atoms with Crippen molar-refractivity contribution in [3.63, 3.8) is 0 Å². The third-order valence-electron chi connectivity index (χ3n) is 5.23. The Morgan fingerprint density at radius 3 is 2.31 bits per heavy atom. The molecular weight excluding hydrogens is 521 g/mol. The number of alkyl halides is 3. The fourth-order valence-electron chi connectivity index (χ4n) is 3.32. The number of sulfonamides is 1. The van der Waals surface area contributed by atoms with Crippen molar-refractivity contribution < 1.29 is 35.9 Å². The third-order valence-corrected chi connectivity index (χ3v) is 7.41. The first-order chi connectivity index (χ1) is 16.9. The lowest BCUT2D eigenvalue weighted by Gasteiger charge is -2.25. The maximum absolute atomic E-state index is 13.6. The van der Waals surface area contributed by atoms with E-state index in [2.05, 4.69) is 5.32 Å². The van der Waals surface area contributed by atoms with Crippen LogP contribution < -0.4 is 19.1 Å². The number of nitrogens with zero attached hydrogens (tertiary/aromatic N) is 1. The van der Waals surface area contributed by atoms with Gasteiger partial charge in [-0.05, 0) is 55.0 Å². The summed E-state index contributed by atoms with van der Waals surface area (Å²) < 4.78 is 78.2. The van der Waals surface area contributed by atoms with Crippen LogP contribution in [0.4, 0.5) is 24.5 Å². The lowest BCUT2D eigenvalue weighted by Crippen LogP contribution is -2.38. The summed E-state index contributed by atoms with van der Waals surface area (Å²) in [4.78, 5) is 12.6. The maximum Gasteiger partial charge on any atom is 0.416 e. The van der Waals surface area contributed by atoms with Crippen molar-refractivity contribution in [3.05, 3.63) is 76.8 Å². The Kier molecular flexibility index (Phi) is 8.05. The van der Waals surface area contributed by atoms with Crippen LogP contribution in [0.25, 0.3) is 0 Å². The van der Waals surface area contributed by atoms with E-state index in [4.69, 9.17) is 21.1 Å². The smallest absolute Gasteiger partial charge is 0.416 e. The molecule has 7 nitrogen and oxygen atoms in total. The first-order valence-electron chi connectivity index (χ1n) is 10.4. The van der Waals surface area contributed by atoms with E-state index >= 15 is 0 Å². The van der Waals surface area contributed by atoms with Crippen LogP contribution in [-0.4, -0.2) is 35.1 Å². The molecule has 36 heavy (non-hydrogen) atoms. The van der Waals surface area contributed by atoms with Gasteiger partial charge in [0, 0.05) is 16.8 Å². The van der Waals surface area contributed by atoms with Crippen molar-refractivity contribution in [1.29, 1.82) is 0 Å². The van der Waals surface area contributed by atoms with Crippen molar-refractivity contribution in [1.82, 2.24) is 0 Å². The van der Waals surface area contributed by atoms with Crippen LogP contribution >= 0.6 is 11.6 Å². The molecule has 0 heterocycles. The second-order valence-corrected chi connectivity index (χ2v) is 9.81. The monoisotopic (exact) mass is 542 g/mol. The zero-order valence-corrected chi connectivity index (χ0v) is 21.0. The number of benzene rings is 3. The largest absolute Gasteiger partial charge is 0.493 e. The van der Waals surface area contributed by atoms with E-state index in [-0.39, 0.29) is 22.1 Å². The van der Waals surface area contributed by atoms with Gasteiger partial charge in [-0.3, -0.25) is 9.10 Å². The molecule has 3 aromatic carbocycles. The first kappa shape index (κ1) is 27.2. The Labute approximate surface area is 211 Å². The fraction of sp³-hybridized carbons (Fsp3) is 0.208. The van der Waals surface area contributed by atoms with E-state index in [1.807, 2.05) is 0 Å². The molecule has 0 aliphatic carbocycles. The molecule has 3 aromatic rings. The zero-order chi connectivity index (χ0) is 26.7. The van der Waals surface area contributed by atoms with Crippen LogP contribution in [0.3, 0.4) is 0 Å². The average molecular weight is 543 g/mol. The van der Waals surface area contributed by atoms with E-state index in [1.165, 1.54) is 32.4 Å². The van der Waals surface area contributed by atoms with Crippen LogP contribution in [0.2, 0.25) is 5.02 Å². The van der Waals surface area contributed by atoms with Gasteiger partial charge < -0.3 is 14.8 Å². The molecule has 0 fully saturated rings. The number of rotatable bonds is 8. The molecule has 3 rings (SSSR count). The number of halogens is 4. The van der Waals surface area contributed by atoms with Gasteiger partial charge in [-0.2, -0.15) is 13.2 Å². The number of carbonyl (C=O) groups excluding carboxylic acids is 1. The highest BCUT2D eigenvalue weighted by Gasteiger charge is 2.33. The summed E-state index contributed by atoms with van der Waals surface area (Å²) in [6, 6.07) is 12.2. The Morgan fingerprint density at radius 2 is 1.67 bits per heavy atom. The second kappa shape index (κ2) is 10.7. The Bertz CT molecular complexity index is 1380. The number of carbonyl (C=O) groups is 1. The van der Waals surface area contributed by atoms with Gasteiger partial charge in [0.05, 0.1) is 30.4 Å². The van der Waals surface area contributed by atoms with Crippen LogP contribution in [0.5, 0.6) is 11.5 Å². The lowest BCUT2D eigenvalue weighted by atomic mass is 10.2. The molecule has 0 aromatic heterocycles. The predicted molar refractivity (Wildman–Crippen MR) is 130 cm³/mol. The van der Waals surface area contributed by atoms with E-state index in [9.17, 15) is 26.4 Å². The molecule has 0 unspecified atom stereocenters. The normalized spacial score (nSPS) is 11.6. The lowest BCUT2D eigenvalue weighted by molar-refractivity contribution is -0.137. The number of nitrogens with one attached hydrogen (secondary N) is 1. The van der Waals surface area contributed by atoms with Gasteiger partial charge in [-0.25, -0.2) is 8.42 Å². The molecular formula is C24H22ClF3N2O5S. The summed E-state index contributed by atoms with van der Waals surface area (Å²) in [7, 11) is -1.87. The number of methoxy groups -OCH3 is 2. The fourth-order valence-corrected chi connectivity index (χ4v) is 4.92. The van der Waals surface area contributed by atoms with E-state index < -0.39 is 34.2 Å². The summed E-state index contributed by atoms with van der Waals surface area (Å²) in [6.45, 7) is 0.840. The number of amides is 1. The molecule has 0 aliphatic heterocycles. The predicted octanol–water partition coefficient (Wildman–Crippen LogP) is 5.52. The van der Waals surface area contributed by atoms with Gasteiger partial charge in [0.1, 0.15) is 6.54 Å². The maximum atomic E-state index is 13.6. The van der Waals surface area contributed by atoms with Crippen molar-refractivity contribution >= 4 is 38.9 Å². The molecule has 1 amide bonds. The molecule has 0 aliphatic rings. The van der Waals surface area contributed by atoms with Crippen molar-refractivity contribution in [2.24, 2.45) is 0 Å². The number of ether oxygens (including phenoxy) is 2.